The van der Waals surface area contributed by atoms with E-state index in [-0.39, 0.29) is 5.91 Å². The van der Waals surface area contributed by atoms with Gasteiger partial charge in [-0.1, -0.05) is 30.3 Å². The molecule has 1 unspecified atom stereocenters. The molecule has 1 atom stereocenters. The molecule has 1 amide bonds. The topological polar surface area (TPSA) is 62.7 Å². The molecule has 122 valence electrons. The first kappa shape index (κ1) is 17.0. The predicted molar refractivity (Wildman–Crippen MR) is 88.3 cm³/mol. The monoisotopic (exact) mass is 314 g/mol. The lowest BCUT2D eigenvalue weighted by molar-refractivity contribution is 0.0768. The third kappa shape index (κ3) is 5.38. The number of pyridine rings is 1. The van der Waals surface area contributed by atoms with Gasteiger partial charge in [0.15, 0.2) is 0 Å². The summed E-state index contributed by atoms with van der Waals surface area (Å²) in [7, 11) is 1.72. The summed E-state index contributed by atoms with van der Waals surface area (Å²) >= 11 is 0. The number of carbonyl (C=O) groups is 1. The summed E-state index contributed by atoms with van der Waals surface area (Å²) in [6, 6.07) is 13.1. The predicted octanol–water partition coefficient (Wildman–Crippen LogP) is 2.50. The molecule has 2 aromatic rings. The Morgan fingerprint density at radius 2 is 2.04 bits per heavy atom. The van der Waals surface area contributed by atoms with Crippen molar-refractivity contribution in [3.05, 3.63) is 59.8 Å². The first-order valence-electron chi connectivity index (χ1n) is 7.62. The number of aliphatic hydroxyl groups excluding tert-OH is 1. The molecule has 0 aliphatic rings. The summed E-state index contributed by atoms with van der Waals surface area (Å²) < 4.78 is 5.64. The number of benzene rings is 1. The van der Waals surface area contributed by atoms with E-state index in [2.05, 4.69) is 4.98 Å². The maximum absolute atomic E-state index is 12.3. The molecule has 0 aliphatic heterocycles. The van der Waals surface area contributed by atoms with Crippen molar-refractivity contribution in [2.45, 2.75) is 26.1 Å². The number of rotatable bonds is 7. The minimum atomic E-state index is -0.424. The fourth-order valence-electron chi connectivity index (χ4n) is 2.06. The summed E-state index contributed by atoms with van der Waals surface area (Å²) in [4.78, 5) is 18.1. The Balaban J connectivity index is 1.97. The lowest BCUT2D eigenvalue weighted by Crippen LogP contribution is -2.29. The van der Waals surface area contributed by atoms with Crippen LogP contribution in [0.2, 0.25) is 0 Å². The number of nitrogens with zero attached hydrogens (tertiary/aromatic N) is 2. The molecule has 0 aliphatic carbocycles. The van der Waals surface area contributed by atoms with Crippen LogP contribution in [0.5, 0.6) is 5.88 Å². The molecule has 0 bridgehead atoms. The van der Waals surface area contributed by atoms with Gasteiger partial charge in [-0.05, 0) is 25.0 Å². The van der Waals surface area contributed by atoms with Crippen molar-refractivity contribution >= 4 is 5.91 Å². The second-order valence-corrected chi connectivity index (χ2v) is 5.52. The molecule has 0 saturated heterocycles. The van der Waals surface area contributed by atoms with E-state index in [1.807, 2.05) is 30.3 Å². The lowest BCUT2D eigenvalue weighted by Gasteiger charge is -2.18. The van der Waals surface area contributed by atoms with Gasteiger partial charge in [-0.2, -0.15) is 0 Å². The van der Waals surface area contributed by atoms with E-state index in [1.165, 1.54) is 0 Å². The number of hydrogen-bond donors (Lipinski definition) is 1. The molecular weight excluding hydrogens is 292 g/mol. The van der Waals surface area contributed by atoms with Crippen molar-refractivity contribution < 1.29 is 14.6 Å². The standard InChI is InChI=1S/C18H22N2O3/c1-14(21)9-11-20(2)18(22)16-8-10-19-17(12-16)23-13-15-6-4-3-5-7-15/h3-8,10,12,14,21H,9,11,13H2,1-2H3. The van der Waals surface area contributed by atoms with E-state index in [0.717, 1.165) is 5.56 Å². The smallest absolute Gasteiger partial charge is 0.253 e. The van der Waals surface area contributed by atoms with Gasteiger partial charge in [0.25, 0.3) is 5.91 Å². The zero-order valence-corrected chi connectivity index (χ0v) is 13.5. The Hall–Kier alpha value is -2.40. The van der Waals surface area contributed by atoms with Crippen LogP contribution in [0.4, 0.5) is 0 Å². The van der Waals surface area contributed by atoms with Crippen LogP contribution in [0.1, 0.15) is 29.3 Å². The first-order valence-corrected chi connectivity index (χ1v) is 7.62. The van der Waals surface area contributed by atoms with Gasteiger partial charge >= 0.3 is 0 Å². The van der Waals surface area contributed by atoms with Gasteiger partial charge < -0.3 is 14.7 Å². The first-order chi connectivity index (χ1) is 11.1. The zero-order chi connectivity index (χ0) is 16.7. The largest absolute Gasteiger partial charge is 0.473 e. The van der Waals surface area contributed by atoms with E-state index in [4.69, 9.17) is 4.74 Å². The quantitative estimate of drug-likeness (QED) is 0.853. The molecular formula is C18H22N2O3. The molecule has 23 heavy (non-hydrogen) atoms. The van der Waals surface area contributed by atoms with Crippen LogP contribution in [0, 0.1) is 0 Å². The summed E-state index contributed by atoms with van der Waals surface area (Å²) in [5, 5.41) is 9.31. The highest BCUT2D eigenvalue weighted by molar-refractivity contribution is 5.94. The second kappa shape index (κ2) is 8.29. The van der Waals surface area contributed by atoms with Crippen LogP contribution < -0.4 is 4.74 Å². The Kier molecular flexibility index (Phi) is 6.11. The number of amides is 1. The average Bonchev–Trinajstić information content (AvgIpc) is 2.58. The average molecular weight is 314 g/mol. The SMILES string of the molecule is CC(O)CCN(C)C(=O)c1ccnc(OCc2ccccc2)c1. The van der Waals surface area contributed by atoms with Gasteiger partial charge in [-0.25, -0.2) is 4.98 Å². The van der Waals surface area contributed by atoms with Crippen molar-refractivity contribution in [2.24, 2.45) is 0 Å². The van der Waals surface area contributed by atoms with Gasteiger partial charge in [0.1, 0.15) is 6.61 Å². The van der Waals surface area contributed by atoms with Crippen molar-refractivity contribution in [2.75, 3.05) is 13.6 Å². The molecule has 0 fully saturated rings. The third-order valence-corrected chi connectivity index (χ3v) is 3.44. The van der Waals surface area contributed by atoms with E-state index < -0.39 is 6.10 Å². The number of hydrogen-bond acceptors (Lipinski definition) is 4. The normalized spacial score (nSPS) is 11.8. The fraction of sp³-hybridized carbons (Fsp3) is 0.333. The Bertz CT molecular complexity index is 629. The van der Waals surface area contributed by atoms with Gasteiger partial charge in [-0.15, -0.1) is 0 Å². The Morgan fingerprint density at radius 3 is 2.74 bits per heavy atom. The molecule has 1 N–H and O–H groups in total. The molecule has 1 heterocycles. The lowest BCUT2D eigenvalue weighted by atomic mass is 10.2. The van der Waals surface area contributed by atoms with Crippen molar-refractivity contribution in [1.29, 1.82) is 0 Å². The van der Waals surface area contributed by atoms with E-state index in [1.54, 1.807) is 37.2 Å². The third-order valence-electron chi connectivity index (χ3n) is 3.44. The van der Waals surface area contributed by atoms with E-state index >= 15 is 0 Å². The molecule has 5 heteroatoms. The van der Waals surface area contributed by atoms with Crippen molar-refractivity contribution in [1.82, 2.24) is 9.88 Å². The fourth-order valence-corrected chi connectivity index (χ4v) is 2.06. The summed E-state index contributed by atoms with van der Waals surface area (Å²) in [6.07, 6.45) is 1.69. The molecule has 0 spiro atoms. The number of carbonyl (C=O) groups excluding carboxylic acids is 1. The highest BCUT2D eigenvalue weighted by Crippen LogP contribution is 2.13. The highest BCUT2D eigenvalue weighted by Gasteiger charge is 2.13. The molecule has 0 radical (unpaired) electrons. The number of aromatic nitrogens is 1. The van der Waals surface area contributed by atoms with Crippen LogP contribution >= 0.6 is 0 Å². The van der Waals surface area contributed by atoms with Gasteiger partial charge in [0.05, 0.1) is 6.10 Å². The van der Waals surface area contributed by atoms with Crippen LogP contribution in [0.25, 0.3) is 0 Å². The second-order valence-electron chi connectivity index (χ2n) is 5.52. The molecule has 1 aromatic heterocycles. The van der Waals surface area contributed by atoms with E-state index in [9.17, 15) is 9.90 Å². The van der Waals surface area contributed by atoms with Crippen LogP contribution in [-0.4, -0.2) is 40.6 Å². The minimum absolute atomic E-state index is 0.113. The van der Waals surface area contributed by atoms with E-state index in [0.29, 0.717) is 31.0 Å². The summed E-state index contributed by atoms with van der Waals surface area (Å²) in [5.74, 6) is 0.307. The van der Waals surface area contributed by atoms with Crippen molar-refractivity contribution in [3.63, 3.8) is 0 Å². The number of ether oxygens (including phenoxy) is 1. The van der Waals surface area contributed by atoms with Gasteiger partial charge in [0, 0.05) is 31.4 Å². The Labute approximate surface area is 136 Å². The minimum Gasteiger partial charge on any atom is -0.473 e. The molecule has 2 rings (SSSR count). The molecule has 0 saturated carbocycles. The molecule has 1 aromatic carbocycles. The highest BCUT2D eigenvalue weighted by atomic mass is 16.5. The van der Waals surface area contributed by atoms with Crippen molar-refractivity contribution in [3.8, 4) is 5.88 Å². The Morgan fingerprint density at radius 1 is 1.30 bits per heavy atom. The summed E-state index contributed by atoms with van der Waals surface area (Å²) in [6.45, 7) is 2.61. The van der Waals surface area contributed by atoms with Crippen LogP contribution in [0.15, 0.2) is 48.7 Å². The van der Waals surface area contributed by atoms with Gasteiger partial charge in [0.2, 0.25) is 5.88 Å². The number of aliphatic hydroxyl groups is 1. The van der Waals surface area contributed by atoms with Gasteiger partial charge in [-0.3, -0.25) is 4.79 Å². The van der Waals surface area contributed by atoms with Crippen LogP contribution in [0.3, 0.4) is 0 Å². The maximum atomic E-state index is 12.3. The maximum Gasteiger partial charge on any atom is 0.253 e. The summed E-state index contributed by atoms with van der Waals surface area (Å²) in [5.41, 5.74) is 1.57. The molecule has 5 nitrogen and oxygen atoms in total. The van der Waals surface area contributed by atoms with Crippen LogP contribution in [-0.2, 0) is 6.61 Å². The zero-order valence-electron chi connectivity index (χ0n) is 13.5.